The highest BCUT2D eigenvalue weighted by atomic mass is 32.1. The van der Waals surface area contributed by atoms with E-state index in [1.807, 2.05) is 0 Å². The zero-order chi connectivity index (χ0) is 10.3. The number of carbonyl (C=O) groups excluding carboxylic acids is 1. The maximum atomic E-state index is 11.6. The zero-order valence-corrected chi connectivity index (χ0v) is 9.20. The van der Waals surface area contributed by atoms with Gasteiger partial charge in [0.2, 0.25) is 0 Å². The van der Waals surface area contributed by atoms with Crippen molar-refractivity contribution in [2.24, 2.45) is 0 Å². The SMILES string of the molecule is CNC(=O)c1c(N)sc2c1C(C)CC2. The van der Waals surface area contributed by atoms with Gasteiger partial charge in [-0.15, -0.1) is 11.3 Å². The largest absolute Gasteiger partial charge is 0.390 e. The van der Waals surface area contributed by atoms with Gasteiger partial charge in [0.25, 0.3) is 5.91 Å². The van der Waals surface area contributed by atoms with Crippen molar-refractivity contribution in [3.05, 3.63) is 16.0 Å². The summed E-state index contributed by atoms with van der Waals surface area (Å²) in [5, 5.41) is 3.31. The highest BCUT2D eigenvalue weighted by molar-refractivity contribution is 7.16. The summed E-state index contributed by atoms with van der Waals surface area (Å²) in [6, 6.07) is 0. The van der Waals surface area contributed by atoms with Gasteiger partial charge in [-0.25, -0.2) is 0 Å². The molecule has 1 aliphatic carbocycles. The zero-order valence-electron chi connectivity index (χ0n) is 8.39. The highest BCUT2D eigenvalue weighted by Crippen LogP contribution is 2.43. The van der Waals surface area contributed by atoms with Crippen LogP contribution in [0, 0.1) is 0 Å². The molecule has 1 atom stereocenters. The number of thiophene rings is 1. The van der Waals surface area contributed by atoms with E-state index in [0.29, 0.717) is 10.9 Å². The van der Waals surface area contributed by atoms with Gasteiger partial charge in [0.05, 0.1) is 10.6 Å². The maximum absolute atomic E-state index is 11.6. The summed E-state index contributed by atoms with van der Waals surface area (Å²) >= 11 is 1.57. The van der Waals surface area contributed by atoms with Gasteiger partial charge in [-0.2, -0.15) is 0 Å². The minimum Gasteiger partial charge on any atom is -0.390 e. The number of rotatable bonds is 1. The van der Waals surface area contributed by atoms with E-state index in [1.54, 1.807) is 18.4 Å². The van der Waals surface area contributed by atoms with Crippen molar-refractivity contribution < 1.29 is 4.79 Å². The summed E-state index contributed by atoms with van der Waals surface area (Å²) in [5.41, 5.74) is 7.75. The van der Waals surface area contributed by atoms with Gasteiger partial charge in [0, 0.05) is 11.9 Å². The molecule has 3 N–H and O–H groups in total. The standard InChI is InChI=1S/C10H14N2OS/c1-5-3-4-6-7(5)8(9(11)14-6)10(13)12-2/h5H,3-4,11H2,1-2H3,(H,12,13). The fraction of sp³-hybridized carbons (Fsp3) is 0.500. The first kappa shape index (κ1) is 9.52. The van der Waals surface area contributed by atoms with E-state index in [2.05, 4.69) is 12.2 Å². The lowest BCUT2D eigenvalue weighted by atomic mass is 10.0. The molecular weight excluding hydrogens is 196 g/mol. The van der Waals surface area contributed by atoms with Crippen LogP contribution in [-0.2, 0) is 6.42 Å². The molecule has 1 aromatic rings. The van der Waals surface area contributed by atoms with Gasteiger partial charge in [-0.3, -0.25) is 4.79 Å². The average molecular weight is 210 g/mol. The molecule has 1 aromatic heterocycles. The van der Waals surface area contributed by atoms with Crippen molar-refractivity contribution >= 4 is 22.2 Å². The minimum atomic E-state index is -0.0475. The monoisotopic (exact) mass is 210 g/mol. The normalized spacial score (nSPS) is 19.4. The minimum absolute atomic E-state index is 0.0475. The Morgan fingerprint density at radius 2 is 2.36 bits per heavy atom. The number of nitrogen functional groups attached to an aromatic ring is 1. The summed E-state index contributed by atoms with van der Waals surface area (Å²) in [6.07, 6.45) is 2.22. The molecule has 4 heteroatoms. The van der Waals surface area contributed by atoms with E-state index in [9.17, 15) is 4.79 Å². The third kappa shape index (κ3) is 1.21. The Balaban J connectivity index is 2.54. The van der Waals surface area contributed by atoms with E-state index in [-0.39, 0.29) is 5.91 Å². The maximum Gasteiger partial charge on any atom is 0.254 e. The van der Waals surface area contributed by atoms with E-state index < -0.39 is 0 Å². The molecule has 0 saturated carbocycles. The summed E-state index contributed by atoms with van der Waals surface area (Å²) < 4.78 is 0. The first-order valence-corrected chi connectivity index (χ1v) is 5.60. The van der Waals surface area contributed by atoms with Crippen LogP contribution in [0.5, 0.6) is 0 Å². The molecule has 1 amide bonds. The van der Waals surface area contributed by atoms with Crippen LogP contribution in [0.4, 0.5) is 5.00 Å². The molecule has 0 aliphatic heterocycles. The summed E-state index contributed by atoms with van der Waals surface area (Å²) in [4.78, 5) is 12.9. The molecule has 0 bridgehead atoms. The van der Waals surface area contributed by atoms with Crippen LogP contribution in [0.25, 0.3) is 0 Å². The Bertz CT molecular complexity index is 384. The number of anilines is 1. The average Bonchev–Trinajstić information content (AvgIpc) is 2.65. The Morgan fingerprint density at radius 3 is 3.00 bits per heavy atom. The topological polar surface area (TPSA) is 55.1 Å². The van der Waals surface area contributed by atoms with Crippen LogP contribution in [0.15, 0.2) is 0 Å². The van der Waals surface area contributed by atoms with Gasteiger partial charge in [0.1, 0.15) is 0 Å². The van der Waals surface area contributed by atoms with E-state index >= 15 is 0 Å². The molecule has 76 valence electrons. The fourth-order valence-electron chi connectivity index (χ4n) is 2.07. The van der Waals surface area contributed by atoms with Gasteiger partial charge in [-0.1, -0.05) is 6.92 Å². The number of nitrogens with one attached hydrogen (secondary N) is 1. The third-order valence-electron chi connectivity index (χ3n) is 2.80. The Morgan fingerprint density at radius 1 is 1.64 bits per heavy atom. The smallest absolute Gasteiger partial charge is 0.254 e. The predicted octanol–water partition coefficient (Wildman–Crippen LogP) is 1.74. The summed E-state index contributed by atoms with van der Waals surface area (Å²) in [6.45, 7) is 2.16. The fourth-order valence-corrected chi connectivity index (χ4v) is 3.27. The predicted molar refractivity (Wildman–Crippen MR) is 58.9 cm³/mol. The van der Waals surface area contributed by atoms with Crippen LogP contribution in [-0.4, -0.2) is 13.0 Å². The number of hydrogen-bond acceptors (Lipinski definition) is 3. The number of amides is 1. The molecule has 3 nitrogen and oxygen atoms in total. The van der Waals surface area contributed by atoms with Crippen LogP contribution in [0.3, 0.4) is 0 Å². The number of aryl methyl sites for hydroxylation is 1. The molecule has 1 aliphatic rings. The number of fused-ring (bicyclic) bond motifs is 1. The van der Waals surface area contributed by atoms with Crippen molar-refractivity contribution in [2.75, 3.05) is 12.8 Å². The lowest BCUT2D eigenvalue weighted by Crippen LogP contribution is -2.20. The number of carbonyl (C=O) groups is 1. The van der Waals surface area contributed by atoms with Crippen molar-refractivity contribution in [2.45, 2.75) is 25.7 Å². The molecule has 1 heterocycles. The van der Waals surface area contributed by atoms with Gasteiger partial charge >= 0.3 is 0 Å². The number of nitrogens with two attached hydrogens (primary N) is 1. The van der Waals surface area contributed by atoms with Gasteiger partial charge < -0.3 is 11.1 Å². The van der Waals surface area contributed by atoms with Crippen molar-refractivity contribution in [3.63, 3.8) is 0 Å². The summed E-state index contributed by atoms with van der Waals surface area (Å²) in [5.74, 6) is 0.430. The molecule has 0 radical (unpaired) electrons. The van der Waals surface area contributed by atoms with Crippen LogP contribution < -0.4 is 11.1 Å². The molecule has 0 aromatic carbocycles. The van der Waals surface area contributed by atoms with Crippen LogP contribution in [0.1, 0.15) is 40.1 Å². The second kappa shape index (κ2) is 3.28. The third-order valence-corrected chi connectivity index (χ3v) is 3.90. The van der Waals surface area contributed by atoms with E-state index in [4.69, 9.17) is 5.73 Å². The molecule has 0 spiro atoms. The molecule has 0 saturated heterocycles. The Kier molecular flexibility index (Phi) is 2.23. The van der Waals surface area contributed by atoms with Crippen LogP contribution in [0.2, 0.25) is 0 Å². The van der Waals surface area contributed by atoms with E-state index in [0.717, 1.165) is 18.4 Å². The lowest BCUT2D eigenvalue weighted by molar-refractivity contribution is 0.0963. The van der Waals surface area contributed by atoms with Crippen molar-refractivity contribution in [1.29, 1.82) is 0 Å². The van der Waals surface area contributed by atoms with E-state index in [1.165, 1.54) is 10.4 Å². The highest BCUT2D eigenvalue weighted by Gasteiger charge is 2.29. The van der Waals surface area contributed by atoms with Crippen molar-refractivity contribution in [1.82, 2.24) is 5.32 Å². The first-order chi connectivity index (χ1) is 6.65. The molecule has 14 heavy (non-hydrogen) atoms. The van der Waals surface area contributed by atoms with Gasteiger partial charge in [0.15, 0.2) is 0 Å². The van der Waals surface area contributed by atoms with Crippen LogP contribution >= 0.6 is 11.3 Å². The van der Waals surface area contributed by atoms with Crippen molar-refractivity contribution in [3.8, 4) is 0 Å². The van der Waals surface area contributed by atoms with Gasteiger partial charge in [-0.05, 0) is 24.3 Å². The second-order valence-corrected chi connectivity index (χ2v) is 4.83. The Hall–Kier alpha value is -1.03. The Labute approximate surface area is 87.3 Å². The molecule has 2 rings (SSSR count). The first-order valence-electron chi connectivity index (χ1n) is 4.78. The quantitative estimate of drug-likeness (QED) is 0.741. The molecule has 1 unspecified atom stereocenters. The lowest BCUT2D eigenvalue weighted by Gasteiger charge is -2.06. The molecule has 0 fully saturated rings. The molecular formula is C10H14N2OS. The number of hydrogen-bond donors (Lipinski definition) is 2. The second-order valence-electron chi connectivity index (χ2n) is 3.70. The summed E-state index contributed by atoms with van der Waals surface area (Å²) in [7, 11) is 1.64.